The molecule has 0 saturated carbocycles. The van der Waals surface area contributed by atoms with E-state index in [1.54, 1.807) is 0 Å². The van der Waals surface area contributed by atoms with E-state index in [4.69, 9.17) is 9.31 Å². The van der Waals surface area contributed by atoms with E-state index in [-0.39, 0.29) is 11.2 Å². The van der Waals surface area contributed by atoms with Crippen molar-refractivity contribution in [1.82, 2.24) is 10.2 Å². The normalized spacial score (nSPS) is 22.5. The predicted molar refractivity (Wildman–Crippen MR) is 63.9 cm³/mol. The second-order valence-electron chi connectivity index (χ2n) is 5.68. The molecule has 1 saturated heterocycles. The molecule has 7 heteroatoms. The number of H-pyrrole nitrogens is 1. The van der Waals surface area contributed by atoms with E-state index in [9.17, 15) is 8.78 Å². The average Bonchev–Trinajstić information content (AvgIpc) is 2.68. The predicted octanol–water partition coefficient (Wildman–Crippen LogP) is 1.82. The summed E-state index contributed by atoms with van der Waals surface area (Å²) in [5.41, 5.74) is -1.13. The molecule has 1 aliphatic rings. The molecule has 0 aliphatic carbocycles. The van der Waals surface area contributed by atoms with Gasteiger partial charge in [-0.2, -0.15) is 13.9 Å². The highest BCUT2D eigenvalue weighted by Crippen LogP contribution is 2.37. The highest BCUT2D eigenvalue weighted by atomic mass is 19.3. The standard InChI is InChI=1S/C11H17BF2N2O2/c1-9(2)10(3,4)18-12(17-9)7-6-15-16-8(7)11(5,13)14/h6H,1-5H3,(H,15,16). The Morgan fingerprint density at radius 1 is 1.22 bits per heavy atom. The van der Waals surface area contributed by atoms with Crippen molar-refractivity contribution in [2.45, 2.75) is 51.7 Å². The van der Waals surface area contributed by atoms with Gasteiger partial charge in [-0.25, -0.2) is 0 Å². The molecule has 1 aromatic heterocycles. The maximum absolute atomic E-state index is 13.4. The zero-order valence-electron chi connectivity index (χ0n) is 11.2. The van der Waals surface area contributed by atoms with Crippen LogP contribution in [0.25, 0.3) is 0 Å². The van der Waals surface area contributed by atoms with Gasteiger partial charge >= 0.3 is 7.12 Å². The molecule has 0 atom stereocenters. The zero-order valence-corrected chi connectivity index (χ0v) is 11.2. The van der Waals surface area contributed by atoms with Crippen molar-refractivity contribution < 1.29 is 18.1 Å². The second kappa shape index (κ2) is 3.77. The monoisotopic (exact) mass is 258 g/mol. The van der Waals surface area contributed by atoms with E-state index >= 15 is 0 Å². The number of hydrogen-bond acceptors (Lipinski definition) is 3. The molecule has 0 spiro atoms. The minimum absolute atomic E-state index is 0.251. The first-order valence-electron chi connectivity index (χ1n) is 5.82. The molecule has 1 fully saturated rings. The zero-order chi connectivity index (χ0) is 13.8. The topological polar surface area (TPSA) is 47.1 Å². The molecule has 4 nitrogen and oxygen atoms in total. The van der Waals surface area contributed by atoms with Crippen molar-refractivity contribution in [3.05, 3.63) is 11.9 Å². The Balaban J connectivity index is 2.34. The lowest BCUT2D eigenvalue weighted by atomic mass is 9.78. The SMILES string of the molecule is CC(F)(F)c1[nH]ncc1B1OC(C)(C)C(C)(C)O1. The van der Waals surface area contributed by atoms with Gasteiger partial charge in [-0.05, 0) is 27.7 Å². The van der Waals surface area contributed by atoms with Gasteiger partial charge in [-0.1, -0.05) is 0 Å². The summed E-state index contributed by atoms with van der Waals surface area (Å²) in [5, 5.41) is 5.98. The fourth-order valence-corrected chi connectivity index (χ4v) is 1.80. The summed E-state index contributed by atoms with van der Waals surface area (Å²) in [6, 6.07) is 0. The minimum Gasteiger partial charge on any atom is -0.399 e. The molecule has 100 valence electrons. The molecule has 1 N–H and O–H groups in total. The van der Waals surface area contributed by atoms with Crippen LogP contribution in [0.1, 0.15) is 40.3 Å². The van der Waals surface area contributed by atoms with Crippen LogP contribution in [0.2, 0.25) is 0 Å². The van der Waals surface area contributed by atoms with E-state index in [2.05, 4.69) is 10.2 Å². The molecule has 1 aromatic rings. The smallest absolute Gasteiger partial charge is 0.399 e. The largest absolute Gasteiger partial charge is 0.498 e. The molecule has 0 radical (unpaired) electrons. The third-order valence-corrected chi connectivity index (χ3v) is 3.61. The third-order valence-electron chi connectivity index (χ3n) is 3.61. The van der Waals surface area contributed by atoms with E-state index in [0.717, 1.165) is 6.92 Å². The van der Waals surface area contributed by atoms with Gasteiger partial charge in [0.05, 0.1) is 11.2 Å². The van der Waals surface area contributed by atoms with Crippen molar-refractivity contribution in [2.24, 2.45) is 0 Å². The van der Waals surface area contributed by atoms with Gasteiger partial charge in [-0.3, -0.25) is 5.10 Å². The van der Waals surface area contributed by atoms with Gasteiger partial charge in [0, 0.05) is 18.6 Å². The lowest BCUT2D eigenvalue weighted by Crippen LogP contribution is -2.41. The molecule has 0 aromatic carbocycles. The summed E-state index contributed by atoms with van der Waals surface area (Å²) < 4.78 is 38.3. The molecule has 18 heavy (non-hydrogen) atoms. The fraction of sp³-hybridized carbons (Fsp3) is 0.727. The molecule has 0 bridgehead atoms. The Labute approximate surface area is 105 Å². The van der Waals surface area contributed by atoms with Gasteiger partial charge in [0.15, 0.2) is 0 Å². The van der Waals surface area contributed by atoms with Crippen molar-refractivity contribution in [1.29, 1.82) is 0 Å². The van der Waals surface area contributed by atoms with E-state index in [1.165, 1.54) is 6.20 Å². The van der Waals surface area contributed by atoms with Gasteiger partial charge in [-0.15, -0.1) is 0 Å². The number of nitrogens with zero attached hydrogens (tertiary/aromatic N) is 1. The quantitative estimate of drug-likeness (QED) is 0.823. The minimum atomic E-state index is -3.00. The number of hydrogen-bond donors (Lipinski definition) is 1. The van der Waals surface area contributed by atoms with E-state index in [0.29, 0.717) is 0 Å². The number of aromatic amines is 1. The van der Waals surface area contributed by atoms with Crippen LogP contribution >= 0.6 is 0 Å². The summed E-state index contributed by atoms with van der Waals surface area (Å²) in [6.07, 6.45) is 1.33. The summed E-state index contributed by atoms with van der Waals surface area (Å²) in [7, 11) is -0.824. The summed E-state index contributed by atoms with van der Waals surface area (Å²) in [5.74, 6) is -3.00. The van der Waals surface area contributed by atoms with Gasteiger partial charge in [0.25, 0.3) is 5.92 Å². The molecule has 2 rings (SSSR count). The Morgan fingerprint density at radius 3 is 2.17 bits per heavy atom. The maximum Gasteiger partial charge on any atom is 0.498 e. The van der Waals surface area contributed by atoms with Crippen LogP contribution in [0.15, 0.2) is 6.20 Å². The molecule has 0 amide bonds. The number of alkyl halides is 2. The highest BCUT2D eigenvalue weighted by Gasteiger charge is 2.53. The molecule has 1 aliphatic heterocycles. The third kappa shape index (κ3) is 2.05. The number of rotatable bonds is 2. The van der Waals surface area contributed by atoms with Crippen molar-refractivity contribution in [3.63, 3.8) is 0 Å². The second-order valence-corrected chi connectivity index (χ2v) is 5.68. The molecular formula is C11H17BF2N2O2. The van der Waals surface area contributed by atoms with Crippen molar-refractivity contribution in [2.75, 3.05) is 0 Å². The summed E-state index contributed by atoms with van der Waals surface area (Å²) >= 11 is 0. The fourth-order valence-electron chi connectivity index (χ4n) is 1.80. The average molecular weight is 258 g/mol. The number of halogens is 2. The maximum atomic E-state index is 13.4. The van der Waals surface area contributed by atoms with Crippen LogP contribution in [0.4, 0.5) is 8.78 Å². The lowest BCUT2D eigenvalue weighted by Gasteiger charge is -2.32. The van der Waals surface area contributed by atoms with Crippen molar-refractivity contribution >= 4 is 12.6 Å². The Bertz CT molecular complexity index is 438. The molecule has 2 heterocycles. The van der Waals surface area contributed by atoms with Crippen LogP contribution in [0.5, 0.6) is 0 Å². The molecular weight excluding hydrogens is 241 g/mol. The van der Waals surface area contributed by atoms with Gasteiger partial charge in [0.2, 0.25) is 0 Å². The van der Waals surface area contributed by atoms with Crippen LogP contribution in [-0.4, -0.2) is 28.5 Å². The van der Waals surface area contributed by atoms with Gasteiger partial charge < -0.3 is 9.31 Å². The Morgan fingerprint density at radius 2 is 1.72 bits per heavy atom. The van der Waals surface area contributed by atoms with Crippen LogP contribution < -0.4 is 5.46 Å². The first-order valence-corrected chi connectivity index (χ1v) is 5.82. The van der Waals surface area contributed by atoms with Crippen molar-refractivity contribution in [3.8, 4) is 0 Å². The van der Waals surface area contributed by atoms with Crippen LogP contribution in [0.3, 0.4) is 0 Å². The first-order chi connectivity index (χ1) is 8.05. The first kappa shape index (κ1) is 13.5. The lowest BCUT2D eigenvalue weighted by molar-refractivity contribution is 0.00578. The highest BCUT2D eigenvalue weighted by molar-refractivity contribution is 6.62. The Kier molecular flexibility index (Phi) is 2.83. The van der Waals surface area contributed by atoms with Crippen LogP contribution in [-0.2, 0) is 15.2 Å². The van der Waals surface area contributed by atoms with Crippen LogP contribution in [0, 0.1) is 0 Å². The molecule has 0 unspecified atom stereocenters. The summed E-state index contributed by atoms with van der Waals surface area (Å²) in [6.45, 7) is 8.30. The van der Waals surface area contributed by atoms with Gasteiger partial charge in [0.1, 0.15) is 5.69 Å². The van der Waals surface area contributed by atoms with E-state index in [1.807, 2.05) is 27.7 Å². The number of nitrogens with one attached hydrogen (secondary N) is 1. The number of aromatic nitrogens is 2. The summed E-state index contributed by atoms with van der Waals surface area (Å²) in [4.78, 5) is 0. The van der Waals surface area contributed by atoms with E-state index < -0.39 is 24.2 Å². The Hall–Kier alpha value is -0.945.